The number of carboxylic acids is 1. The third-order valence-electron chi connectivity index (χ3n) is 5.16. The van der Waals surface area contributed by atoms with Crippen molar-refractivity contribution in [2.24, 2.45) is 5.41 Å². The SMILES string of the molecule is O=C(O)C1CC2(CC2)[C@H]2CN1C(=O)N2OCc1ccccc1. The number of nitrogens with zero attached hydrogens (tertiary/aromatic N) is 2. The van der Waals surface area contributed by atoms with Crippen LogP contribution in [0.25, 0.3) is 0 Å². The number of benzene rings is 1. The molecule has 0 aromatic heterocycles. The summed E-state index contributed by atoms with van der Waals surface area (Å²) in [6, 6.07) is 8.64. The van der Waals surface area contributed by atoms with Crippen LogP contribution in [0.5, 0.6) is 0 Å². The lowest BCUT2D eigenvalue weighted by atomic mass is 9.85. The first-order valence-corrected chi connectivity index (χ1v) is 7.60. The molecule has 4 rings (SSSR count). The van der Waals surface area contributed by atoms with Crippen LogP contribution in [-0.4, -0.2) is 45.7 Å². The molecule has 0 radical (unpaired) electrons. The second-order valence-electron chi connectivity index (χ2n) is 6.46. The predicted molar refractivity (Wildman–Crippen MR) is 76.7 cm³/mol. The van der Waals surface area contributed by atoms with Gasteiger partial charge in [-0.1, -0.05) is 30.3 Å². The number of hydrogen-bond acceptors (Lipinski definition) is 3. The van der Waals surface area contributed by atoms with Gasteiger partial charge in [-0.2, -0.15) is 5.06 Å². The summed E-state index contributed by atoms with van der Waals surface area (Å²) in [7, 11) is 0. The first-order chi connectivity index (χ1) is 10.6. The van der Waals surface area contributed by atoms with Crippen LogP contribution in [0.3, 0.4) is 0 Å². The summed E-state index contributed by atoms with van der Waals surface area (Å²) < 4.78 is 0. The highest BCUT2D eigenvalue weighted by Crippen LogP contribution is 2.59. The molecule has 6 nitrogen and oxygen atoms in total. The van der Waals surface area contributed by atoms with Gasteiger partial charge in [0.1, 0.15) is 12.6 Å². The van der Waals surface area contributed by atoms with Crippen molar-refractivity contribution < 1.29 is 19.5 Å². The van der Waals surface area contributed by atoms with Gasteiger partial charge in [-0.3, -0.25) is 4.84 Å². The number of hydrogen-bond donors (Lipinski definition) is 1. The standard InChI is InChI=1S/C16H18N2O4/c19-14(20)12-8-16(6-7-16)13-9-17(12)15(21)18(13)22-10-11-4-2-1-3-5-11/h1-5,12-13H,6-10H2,(H,19,20)/t12?,13-/m1/s1. The molecule has 1 aromatic carbocycles. The minimum Gasteiger partial charge on any atom is -0.480 e. The predicted octanol–water partition coefficient (Wildman–Crippen LogP) is 1.86. The van der Waals surface area contributed by atoms with Crippen LogP contribution in [0.2, 0.25) is 0 Å². The molecular formula is C16H18N2O4. The van der Waals surface area contributed by atoms with Crippen LogP contribution >= 0.6 is 0 Å². The minimum atomic E-state index is -0.914. The Morgan fingerprint density at radius 1 is 1.32 bits per heavy atom. The maximum Gasteiger partial charge on any atom is 0.345 e. The van der Waals surface area contributed by atoms with Crippen molar-refractivity contribution in [3.8, 4) is 0 Å². The van der Waals surface area contributed by atoms with E-state index in [2.05, 4.69) is 0 Å². The number of rotatable bonds is 4. The van der Waals surface area contributed by atoms with E-state index in [1.165, 1.54) is 9.96 Å². The number of hydroxylamine groups is 2. The average Bonchev–Trinajstić information content (AvgIpc) is 3.23. The molecule has 6 heteroatoms. The molecule has 1 aliphatic carbocycles. The van der Waals surface area contributed by atoms with Gasteiger partial charge in [0.2, 0.25) is 0 Å². The third kappa shape index (κ3) is 1.98. The van der Waals surface area contributed by atoms with E-state index in [9.17, 15) is 14.7 Å². The van der Waals surface area contributed by atoms with Crippen LogP contribution in [-0.2, 0) is 16.2 Å². The number of carbonyl (C=O) groups is 2. The number of amides is 2. The first-order valence-electron chi connectivity index (χ1n) is 7.60. The molecule has 116 valence electrons. The molecule has 2 aliphatic heterocycles. The maximum atomic E-state index is 12.5. The second-order valence-corrected chi connectivity index (χ2v) is 6.46. The van der Waals surface area contributed by atoms with Gasteiger partial charge < -0.3 is 10.0 Å². The smallest absolute Gasteiger partial charge is 0.345 e. The lowest BCUT2D eigenvalue weighted by molar-refractivity contribution is -0.154. The Morgan fingerprint density at radius 3 is 2.68 bits per heavy atom. The molecule has 3 fully saturated rings. The summed E-state index contributed by atoms with van der Waals surface area (Å²) in [6.45, 7) is 0.787. The number of fused-ring (bicyclic) bond motifs is 3. The molecule has 1 N–H and O–H groups in total. The average molecular weight is 302 g/mol. The monoisotopic (exact) mass is 302 g/mol. The van der Waals surface area contributed by atoms with Gasteiger partial charge in [-0.15, -0.1) is 0 Å². The molecule has 2 heterocycles. The van der Waals surface area contributed by atoms with Crippen molar-refractivity contribution in [1.29, 1.82) is 0 Å². The zero-order valence-electron chi connectivity index (χ0n) is 12.1. The van der Waals surface area contributed by atoms with Crippen LogP contribution in [0.15, 0.2) is 30.3 Å². The largest absolute Gasteiger partial charge is 0.480 e. The molecule has 3 aliphatic rings. The van der Waals surface area contributed by atoms with Crippen LogP contribution in [0.4, 0.5) is 4.79 Å². The van der Waals surface area contributed by atoms with E-state index in [4.69, 9.17) is 4.84 Å². The number of carboxylic acid groups (broad SMARTS) is 1. The Hall–Kier alpha value is -2.08. The third-order valence-corrected chi connectivity index (χ3v) is 5.16. The Labute approximate surface area is 128 Å². The van der Waals surface area contributed by atoms with Crippen LogP contribution in [0.1, 0.15) is 24.8 Å². The van der Waals surface area contributed by atoms with Gasteiger partial charge in [0.05, 0.1) is 6.04 Å². The number of aliphatic carboxylic acids is 1. The van der Waals surface area contributed by atoms with Crippen molar-refractivity contribution >= 4 is 12.0 Å². The van der Waals surface area contributed by atoms with Gasteiger partial charge in [0, 0.05) is 6.54 Å². The fourth-order valence-corrected chi connectivity index (χ4v) is 3.71. The number of piperidine rings is 1. The van der Waals surface area contributed by atoms with Gasteiger partial charge in [0.15, 0.2) is 0 Å². The molecule has 1 spiro atoms. The van der Waals surface area contributed by atoms with Gasteiger partial charge in [-0.05, 0) is 30.2 Å². The van der Waals surface area contributed by atoms with E-state index in [-0.39, 0.29) is 17.5 Å². The fourth-order valence-electron chi connectivity index (χ4n) is 3.71. The maximum absolute atomic E-state index is 12.5. The van der Waals surface area contributed by atoms with E-state index >= 15 is 0 Å². The summed E-state index contributed by atoms with van der Waals surface area (Å²) >= 11 is 0. The van der Waals surface area contributed by atoms with E-state index in [1.807, 2.05) is 30.3 Å². The van der Waals surface area contributed by atoms with E-state index < -0.39 is 12.0 Å². The van der Waals surface area contributed by atoms with E-state index in [0.29, 0.717) is 19.6 Å². The Bertz CT molecular complexity index is 614. The molecule has 22 heavy (non-hydrogen) atoms. The molecule has 1 saturated carbocycles. The highest BCUT2D eigenvalue weighted by molar-refractivity contribution is 5.85. The fraction of sp³-hybridized carbons (Fsp3) is 0.500. The molecule has 2 atom stereocenters. The normalized spacial score (nSPS) is 28.3. The minimum absolute atomic E-state index is 0.0145. The first kappa shape index (κ1) is 13.6. The summed E-state index contributed by atoms with van der Waals surface area (Å²) in [6.07, 6.45) is 2.51. The van der Waals surface area contributed by atoms with Crippen LogP contribution < -0.4 is 0 Å². The van der Waals surface area contributed by atoms with Gasteiger partial charge >= 0.3 is 12.0 Å². The van der Waals surface area contributed by atoms with Crippen molar-refractivity contribution in [2.75, 3.05) is 6.54 Å². The highest BCUT2D eigenvalue weighted by atomic mass is 16.7. The number of carbonyl (C=O) groups excluding carboxylic acids is 1. The summed E-state index contributed by atoms with van der Waals surface area (Å²) in [5.41, 5.74) is 0.939. The summed E-state index contributed by atoms with van der Waals surface area (Å²) in [5, 5.41) is 10.8. The summed E-state index contributed by atoms with van der Waals surface area (Å²) in [5.74, 6) is -0.914. The Morgan fingerprint density at radius 2 is 2.05 bits per heavy atom. The van der Waals surface area contributed by atoms with Crippen molar-refractivity contribution in [3.05, 3.63) is 35.9 Å². The van der Waals surface area contributed by atoms with Crippen molar-refractivity contribution in [1.82, 2.24) is 9.96 Å². The second kappa shape index (κ2) is 4.71. The Kier molecular flexibility index (Phi) is 2.91. The highest BCUT2D eigenvalue weighted by Gasteiger charge is 2.64. The molecule has 2 saturated heterocycles. The summed E-state index contributed by atoms with van der Waals surface area (Å²) in [4.78, 5) is 31.2. The molecule has 1 unspecified atom stereocenters. The Balaban J connectivity index is 1.54. The van der Waals surface area contributed by atoms with Gasteiger partial charge in [-0.25, -0.2) is 9.59 Å². The topological polar surface area (TPSA) is 70.1 Å². The molecule has 2 amide bonds. The zero-order valence-corrected chi connectivity index (χ0v) is 12.1. The van der Waals surface area contributed by atoms with E-state index in [0.717, 1.165) is 18.4 Å². The molecular weight excluding hydrogens is 284 g/mol. The van der Waals surface area contributed by atoms with Gasteiger partial charge in [0.25, 0.3) is 0 Å². The van der Waals surface area contributed by atoms with Crippen molar-refractivity contribution in [3.63, 3.8) is 0 Å². The van der Waals surface area contributed by atoms with Crippen LogP contribution in [0, 0.1) is 5.41 Å². The lowest BCUT2D eigenvalue weighted by Gasteiger charge is -2.34. The van der Waals surface area contributed by atoms with E-state index in [1.54, 1.807) is 0 Å². The lowest BCUT2D eigenvalue weighted by Crippen LogP contribution is -2.49. The molecule has 1 aromatic rings. The zero-order chi connectivity index (χ0) is 15.3. The quantitative estimate of drug-likeness (QED) is 0.921. The number of urea groups is 1. The molecule has 2 bridgehead atoms. The van der Waals surface area contributed by atoms with Crippen molar-refractivity contribution in [2.45, 2.75) is 38.0 Å².